The molecule has 0 bridgehead atoms. The van der Waals surface area contributed by atoms with Crippen molar-refractivity contribution in [2.75, 3.05) is 27.2 Å². The van der Waals surface area contributed by atoms with Gasteiger partial charge in [0.05, 0.1) is 13.2 Å². The summed E-state index contributed by atoms with van der Waals surface area (Å²) >= 11 is 0. The van der Waals surface area contributed by atoms with Crippen LogP contribution in [-0.2, 0) is 19.1 Å². The number of nitrogens with one attached hydrogen (secondary N) is 1. The summed E-state index contributed by atoms with van der Waals surface area (Å²) in [6, 6.07) is 1.69. The number of rotatable bonds is 5. The zero-order valence-electron chi connectivity index (χ0n) is 9.86. The predicted octanol–water partition coefficient (Wildman–Crippen LogP) is -0.962. The van der Waals surface area contributed by atoms with E-state index in [0.717, 1.165) is 0 Å². The number of esters is 1. The number of carbonyl (C=O) groups excluding carboxylic acids is 3. The molecular formula is C10H15N3O4. The molecule has 0 saturated heterocycles. The minimum Gasteiger partial charge on any atom is -0.469 e. The molecule has 0 saturated carbocycles. The molecular weight excluding hydrogens is 226 g/mol. The molecule has 0 aliphatic rings. The lowest BCUT2D eigenvalue weighted by Crippen LogP contribution is -2.41. The molecule has 0 spiro atoms. The number of amides is 2. The molecule has 0 heterocycles. The maximum atomic E-state index is 11.4. The third-order valence-corrected chi connectivity index (χ3v) is 1.97. The molecule has 0 atom stereocenters. The summed E-state index contributed by atoms with van der Waals surface area (Å²) in [5.41, 5.74) is 0. The highest BCUT2D eigenvalue weighted by molar-refractivity contribution is 6.34. The van der Waals surface area contributed by atoms with Crippen LogP contribution in [0.2, 0.25) is 0 Å². The lowest BCUT2D eigenvalue weighted by Gasteiger charge is -2.15. The fourth-order valence-corrected chi connectivity index (χ4v) is 1.03. The van der Waals surface area contributed by atoms with Crippen molar-refractivity contribution in [3.63, 3.8) is 0 Å². The standard InChI is InChI=1S/C10H15N3O4/c1-13(7-3-4-8(14)17-2)10(16)9(15)12-6-5-11/h3-4,6-7H2,1-2H3,(H,12,15). The van der Waals surface area contributed by atoms with E-state index in [4.69, 9.17) is 5.26 Å². The van der Waals surface area contributed by atoms with Crippen LogP contribution in [-0.4, -0.2) is 49.9 Å². The van der Waals surface area contributed by atoms with E-state index >= 15 is 0 Å². The van der Waals surface area contributed by atoms with E-state index in [0.29, 0.717) is 6.42 Å². The van der Waals surface area contributed by atoms with Crippen LogP contribution in [0.1, 0.15) is 12.8 Å². The molecule has 0 fully saturated rings. The van der Waals surface area contributed by atoms with Gasteiger partial charge in [0, 0.05) is 20.0 Å². The average Bonchev–Trinajstić information content (AvgIpc) is 2.34. The molecule has 0 aromatic heterocycles. The van der Waals surface area contributed by atoms with E-state index in [1.54, 1.807) is 6.07 Å². The van der Waals surface area contributed by atoms with Crippen LogP contribution in [0.25, 0.3) is 0 Å². The molecule has 0 unspecified atom stereocenters. The minimum absolute atomic E-state index is 0.188. The molecule has 1 N–H and O–H groups in total. The first-order valence-electron chi connectivity index (χ1n) is 5.00. The molecule has 94 valence electrons. The topological polar surface area (TPSA) is 99.5 Å². The van der Waals surface area contributed by atoms with E-state index in [2.05, 4.69) is 10.1 Å². The van der Waals surface area contributed by atoms with Gasteiger partial charge in [0.1, 0.15) is 6.54 Å². The normalized spacial score (nSPS) is 9.00. The monoisotopic (exact) mass is 241 g/mol. The van der Waals surface area contributed by atoms with E-state index in [9.17, 15) is 14.4 Å². The zero-order valence-corrected chi connectivity index (χ0v) is 9.86. The first-order chi connectivity index (χ1) is 8.02. The van der Waals surface area contributed by atoms with Crippen LogP contribution in [0.4, 0.5) is 0 Å². The summed E-state index contributed by atoms with van der Waals surface area (Å²) in [4.78, 5) is 34.5. The van der Waals surface area contributed by atoms with Gasteiger partial charge in [-0.05, 0) is 6.42 Å². The van der Waals surface area contributed by atoms with Crippen molar-refractivity contribution in [3.8, 4) is 6.07 Å². The maximum absolute atomic E-state index is 11.4. The summed E-state index contributed by atoms with van der Waals surface area (Å²) in [6.07, 6.45) is 0.606. The largest absolute Gasteiger partial charge is 0.469 e. The predicted molar refractivity (Wildman–Crippen MR) is 57.5 cm³/mol. The van der Waals surface area contributed by atoms with E-state index in [1.807, 2.05) is 0 Å². The second kappa shape index (κ2) is 8.10. The van der Waals surface area contributed by atoms with Gasteiger partial charge in [-0.2, -0.15) is 5.26 Å². The summed E-state index contributed by atoms with van der Waals surface area (Å²) in [6.45, 7) is 0.0640. The van der Waals surface area contributed by atoms with Gasteiger partial charge in [0.2, 0.25) is 0 Å². The van der Waals surface area contributed by atoms with Crippen LogP contribution < -0.4 is 5.32 Å². The number of ether oxygens (including phenoxy) is 1. The Kier molecular flexibility index (Phi) is 7.10. The molecule has 2 amide bonds. The van der Waals surface area contributed by atoms with Crippen LogP contribution >= 0.6 is 0 Å². The van der Waals surface area contributed by atoms with Gasteiger partial charge in [-0.1, -0.05) is 0 Å². The van der Waals surface area contributed by atoms with E-state index in [-0.39, 0.29) is 25.5 Å². The Hall–Kier alpha value is -2.10. The lowest BCUT2D eigenvalue weighted by molar-refractivity contribution is -0.145. The summed E-state index contributed by atoms with van der Waals surface area (Å²) in [5.74, 6) is -1.92. The van der Waals surface area contributed by atoms with Gasteiger partial charge >= 0.3 is 17.8 Å². The highest BCUT2D eigenvalue weighted by Crippen LogP contribution is 1.95. The smallest absolute Gasteiger partial charge is 0.311 e. The second-order valence-electron chi connectivity index (χ2n) is 3.25. The van der Waals surface area contributed by atoms with Gasteiger partial charge < -0.3 is 15.0 Å². The Morgan fingerprint density at radius 1 is 1.41 bits per heavy atom. The van der Waals surface area contributed by atoms with Crippen LogP contribution in [0.15, 0.2) is 0 Å². The highest BCUT2D eigenvalue weighted by Gasteiger charge is 2.17. The van der Waals surface area contributed by atoms with Gasteiger partial charge in [0.25, 0.3) is 0 Å². The molecule has 0 aromatic carbocycles. The van der Waals surface area contributed by atoms with Gasteiger partial charge in [-0.25, -0.2) is 0 Å². The van der Waals surface area contributed by atoms with Crippen molar-refractivity contribution in [1.82, 2.24) is 10.2 Å². The molecule has 17 heavy (non-hydrogen) atoms. The van der Waals surface area contributed by atoms with Crippen molar-refractivity contribution in [1.29, 1.82) is 5.26 Å². The van der Waals surface area contributed by atoms with Crippen molar-refractivity contribution in [3.05, 3.63) is 0 Å². The SMILES string of the molecule is COC(=O)CCCN(C)C(=O)C(=O)NCC#N. The summed E-state index contributed by atoms with van der Waals surface area (Å²) in [7, 11) is 2.73. The first kappa shape index (κ1) is 14.9. The van der Waals surface area contributed by atoms with Crippen molar-refractivity contribution in [2.24, 2.45) is 0 Å². The van der Waals surface area contributed by atoms with Crippen molar-refractivity contribution in [2.45, 2.75) is 12.8 Å². The summed E-state index contributed by atoms with van der Waals surface area (Å²) in [5, 5.41) is 10.4. The molecule has 7 nitrogen and oxygen atoms in total. The quantitative estimate of drug-likeness (QED) is 0.379. The van der Waals surface area contributed by atoms with E-state index < -0.39 is 11.8 Å². The van der Waals surface area contributed by atoms with Crippen molar-refractivity contribution >= 4 is 17.8 Å². The Balaban J connectivity index is 3.93. The fraction of sp³-hybridized carbons (Fsp3) is 0.600. The minimum atomic E-state index is -0.827. The molecule has 7 heteroatoms. The maximum Gasteiger partial charge on any atom is 0.311 e. The van der Waals surface area contributed by atoms with Crippen molar-refractivity contribution < 1.29 is 19.1 Å². The average molecular weight is 241 g/mol. The van der Waals surface area contributed by atoms with Crippen LogP contribution in [0.3, 0.4) is 0 Å². The molecule has 0 rings (SSSR count). The van der Waals surface area contributed by atoms with Crippen LogP contribution in [0, 0.1) is 11.3 Å². The lowest BCUT2D eigenvalue weighted by atomic mass is 10.3. The van der Waals surface area contributed by atoms with Gasteiger partial charge in [0.15, 0.2) is 0 Å². The van der Waals surface area contributed by atoms with Gasteiger partial charge in [-0.15, -0.1) is 0 Å². The highest BCUT2D eigenvalue weighted by atomic mass is 16.5. The third kappa shape index (κ3) is 6.14. The number of likely N-dealkylation sites (N-methyl/N-ethyl adjacent to an activating group) is 1. The number of nitrogens with zero attached hydrogens (tertiary/aromatic N) is 2. The molecule has 0 aliphatic carbocycles. The Morgan fingerprint density at radius 2 is 2.06 bits per heavy atom. The second-order valence-corrected chi connectivity index (χ2v) is 3.25. The number of nitriles is 1. The molecule has 0 aromatic rings. The Labute approximate surface area is 99.3 Å². The fourth-order valence-electron chi connectivity index (χ4n) is 1.03. The van der Waals surface area contributed by atoms with E-state index in [1.165, 1.54) is 19.1 Å². The first-order valence-corrected chi connectivity index (χ1v) is 5.00. The Morgan fingerprint density at radius 3 is 2.59 bits per heavy atom. The van der Waals surface area contributed by atoms with Crippen LogP contribution in [0.5, 0.6) is 0 Å². The number of hydrogen-bond acceptors (Lipinski definition) is 5. The summed E-state index contributed by atoms with van der Waals surface area (Å²) < 4.78 is 4.44. The number of carbonyl (C=O) groups is 3. The third-order valence-electron chi connectivity index (χ3n) is 1.97. The number of hydrogen-bond donors (Lipinski definition) is 1. The van der Waals surface area contributed by atoms with Gasteiger partial charge in [-0.3, -0.25) is 14.4 Å². The molecule has 0 aliphatic heterocycles. The Bertz CT molecular complexity index is 335. The molecule has 0 radical (unpaired) electrons. The number of methoxy groups -OCH3 is 1. The zero-order chi connectivity index (χ0) is 13.3.